The SMILES string of the molecule is CNCCCNc1nc(SC)ncc1C(F)(F)F. The smallest absolute Gasteiger partial charge is 0.369 e. The van der Waals surface area contributed by atoms with Crippen molar-refractivity contribution in [1.82, 2.24) is 15.3 Å². The highest BCUT2D eigenvalue weighted by atomic mass is 32.2. The van der Waals surface area contributed by atoms with Gasteiger partial charge in [0, 0.05) is 12.7 Å². The normalized spacial score (nSPS) is 11.6. The van der Waals surface area contributed by atoms with Crippen LogP contribution in [0.2, 0.25) is 0 Å². The summed E-state index contributed by atoms with van der Waals surface area (Å²) in [5, 5.41) is 5.95. The summed E-state index contributed by atoms with van der Waals surface area (Å²) < 4.78 is 38.2. The van der Waals surface area contributed by atoms with E-state index in [1.807, 2.05) is 0 Å². The lowest BCUT2D eigenvalue weighted by atomic mass is 10.3. The first-order valence-electron chi connectivity index (χ1n) is 5.35. The Balaban J connectivity index is 2.83. The Bertz CT molecular complexity index is 384. The van der Waals surface area contributed by atoms with Crippen LogP contribution in [-0.4, -0.2) is 36.4 Å². The molecule has 0 fully saturated rings. The number of rotatable bonds is 6. The number of hydrogen-bond donors (Lipinski definition) is 2. The van der Waals surface area contributed by atoms with Gasteiger partial charge in [-0.3, -0.25) is 0 Å². The Labute approximate surface area is 108 Å². The number of nitrogens with one attached hydrogen (secondary N) is 2. The van der Waals surface area contributed by atoms with Crippen LogP contribution >= 0.6 is 11.8 Å². The van der Waals surface area contributed by atoms with E-state index < -0.39 is 11.7 Å². The average Bonchev–Trinajstić information content (AvgIpc) is 2.33. The van der Waals surface area contributed by atoms with Crippen molar-refractivity contribution < 1.29 is 13.2 Å². The summed E-state index contributed by atoms with van der Waals surface area (Å²) in [7, 11) is 1.79. The molecule has 0 aromatic carbocycles. The van der Waals surface area contributed by atoms with Gasteiger partial charge in [-0.1, -0.05) is 11.8 Å². The van der Waals surface area contributed by atoms with Crippen molar-refractivity contribution in [2.75, 3.05) is 31.7 Å². The molecule has 0 saturated heterocycles. The predicted octanol–water partition coefficient (Wildman–Crippen LogP) is 2.24. The van der Waals surface area contributed by atoms with Crippen molar-refractivity contribution in [3.63, 3.8) is 0 Å². The van der Waals surface area contributed by atoms with Gasteiger partial charge in [0.15, 0.2) is 5.16 Å². The summed E-state index contributed by atoms with van der Waals surface area (Å²) in [6.07, 6.45) is -1.19. The van der Waals surface area contributed by atoms with E-state index >= 15 is 0 Å². The van der Waals surface area contributed by atoms with Gasteiger partial charge in [-0.25, -0.2) is 9.97 Å². The number of halogens is 3. The lowest BCUT2D eigenvalue weighted by molar-refractivity contribution is -0.137. The van der Waals surface area contributed by atoms with Crippen molar-refractivity contribution >= 4 is 17.6 Å². The summed E-state index contributed by atoms with van der Waals surface area (Å²) in [6.45, 7) is 1.16. The highest BCUT2D eigenvalue weighted by Crippen LogP contribution is 2.33. The maximum absolute atomic E-state index is 12.7. The third kappa shape index (κ3) is 4.34. The Morgan fingerprint density at radius 2 is 2.06 bits per heavy atom. The standard InChI is InChI=1S/C10H15F3N4S/c1-14-4-3-5-15-8-7(10(11,12)13)6-16-9(17-8)18-2/h6,14H,3-5H2,1-2H3,(H,15,16,17). The molecule has 0 saturated carbocycles. The molecule has 0 amide bonds. The molecule has 0 atom stereocenters. The predicted molar refractivity (Wildman–Crippen MR) is 65.8 cm³/mol. The lowest BCUT2D eigenvalue weighted by Gasteiger charge is -2.13. The molecule has 0 aliphatic carbocycles. The van der Waals surface area contributed by atoms with Gasteiger partial charge in [0.25, 0.3) is 0 Å². The second-order valence-corrected chi connectivity index (χ2v) is 4.27. The van der Waals surface area contributed by atoms with Crippen molar-refractivity contribution in [2.45, 2.75) is 17.8 Å². The van der Waals surface area contributed by atoms with E-state index in [-0.39, 0.29) is 5.82 Å². The maximum Gasteiger partial charge on any atom is 0.421 e. The van der Waals surface area contributed by atoms with E-state index in [1.165, 1.54) is 11.8 Å². The number of alkyl halides is 3. The second kappa shape index (κ2) is 6.79. The minimum atomic E-state index is -4.44. The Morgan fingerprint density at radius 3 is 2.61 bits per heavy atom. The molecule has 0 unspecified atom stereocenters. The molecule has 0 aliphatic heterocycles. The highest BCUT2D eigenvalue weighted by molar-refractivity contribution is 7.98. The number of thioether (sulfide) groups is 1. The van der Waals surface area contributed by atoms with Crippen molar-refractivity contribution in [1.29, 1.82) is 0 Å². The van der Waals surface area contributed by atoms with Gasteiger partial charge in [0.1, 0.15) is 11.4 Å². The van der Waals surface area contributed by atoms with Crippen LogP contribution in [0.1, 0.15) is 12.0 Å². The fourth-order valence-corrected chi connectivity index (χ4v) is 1.62. The van der Waals surface area contributed by atoms with Crippen LogP contribution in [0, 0.1) is 0 Å². The minimum Gasteiger partial charge on any atom is -0.369 e. The van der Waals surface area contributed by atoms with Gasteiger partial charge in [0.2, 0.25) is 0 Å². The molecule has 0 bridgehead atoms. The van der Waals surface area contributed by atoms with E-state index in [4.69, 9.17) is 0 Å². The monoisotopic (exact) mass is 280 g/mol. The zero-order valence-electron chi connectivity index (χ0n) is 10.1. The van der Waals surface area contributed by atoms with Gasteiger partial charge < -0.3 is 10.6 Å². The van der Waals surface area contributed by atoms with Crippen LogP contribution in [0.4, 0.5) is 19.0 Å². The van der Waals surface area contributed by atoms with Gasteiger partial charge in [0.05, 0.1) is 0 Å². The topological polar surface area (TPSA) is 49.8 Å². The summed E-state index contributed by atoms with van der Waals surface area (Å²) in [5.41, 5.74) is -0.829. The molecular formula is C10H15F3N4S. The lowest BCUT2D eigenvalue weighted by Crippen LogP contribution is -2.17. The van der Waals surface area contributed by atoms with Gasteiger partial charge >= 0.3 is 6.18 Å². The molecule has 102 valence electrons. The van der Waals surface area contributed by atoms with Crippen molar-refractivity contribution in [3.8, 4) is 0 Å². The first-order chi connectivity index (χ1) is 8.49. The Kier molecular flexibility index (Phi) is 5.67. The highest BCUT2D eigenvalue weighted by Gasteiger charge is 2.35. The van der Waals surface area contributed by atoms with Crippen molar-refractivity contribution in [2.24, 2.45) is 0 Å². The summed E-state index contributed by atoms with van der Waals surface area (Å²) in [4.78, 5) is 7.50. The Hall–Kier alpha value is -1.02. The first kappa shape index (κ1) is 15.0. The number of anilines is 1. The molecule has 0 aliphatic rings. The zero-order valence-corrected chi connectivity index (χ0v) is 11.0. The summed E-state index contributed by atoms with van der Waals surface area (Å²) >= 11 is 1.20. The second-order valence-electron chi connectivity index (χ2n) is 3.50. The van der Waals surface area contributed by atoms with Gasteiger partial charge in [-0.2, -0.15) is 13.2 Å². The maximum atomic E-state index is 12.7. The molecule has 1 heterocycles. The third-order valence-electron chi connectivity index (χ3n) is 2.15. The number of hydrogen-bond acceptors (Lipinski definition) is 5. The number of nitrogens with zero attached hydrogens (tertiary/aromatic N) is 2. The minimum absolute atomic E-state index is 0.155. The van der Waals surface area contributed by atoms with Crippen LogP contribution in [0.15, 0.2) is 11.4 Å². The van der Waals surface area contributed by atoms with E-state index in [9.17, 15) is 13.2 Å². The average molecular weight is 280 g/mol. The van der Waals surface area contributed by atoms with Crippen LogP contribution in [-0.2, 0) is 6.18 Å². The van der Waals surface area contributed by atoms with Crippen LogP contribution in [0.25, 0.3) is 0 Å². The molecule has 1 aromatic heterocycles. The quantitative estimate of drug-likeness (QED) is 0.475. The molecule has 2 N–H and O–H groups in total. The van der Waals surface area contributed by atoms with Gasteiger partial charge in [-0.15, -0.1) is 0 Å². The van der Waals surface area contributed by atoms with E-state index in [1.54, 1.807) is 13.3 Å². The van der Waals surface area contributed by atoms with E-state index in [0.717, 1.165) is 12.7 Å². The zero-order chi connectivity index (χ0) is 13.6. The van der Waals surface area contributed by atoms with E-state index in [0.29, 0.717) is 18.1 Å². The fourth-order valence-electron chi connectivity index (χ4n) is 1.28. The largest absolute Gasteiger partial charge is 0.421 e. The molecule has 18 heavy (non-hydrogen) atoms. The number of aromatic nitrogens is 2. The van der Waals surface area contributed by atoms with Crippen LogP contribution < -0.4 is 10.6 Å². The van der Waals surface area contributed by atoms with Gasteiger partial charge in [-0.05, 0) is 26.3 Å². The van der Waals surface area contributed by atoms with Crippen LogP contribution in [0.5, 0.6) is 0 Å². The molecule has 1 aromatic rings. The molecule has 0 spiro atoms. The van der Waals surface area contributed by atoms with E-state index in [2.05, 4.69) is 20.6 Å². The Morgan fingerprint density at radius 1 is 1.33 bits per heavy atom. The fraction of sp³-hybridized carbons (Fsp3) is 0.600. The summed E-state index contributed by atoms with van der Waals surface area (Å²) in [6, 6.07) is 0. The summed E-state index contributed by atoms with van der Waals surface area (Å²) in [5.74, 6) is -0.155. The molecular weight excluding hydrogens is 265 g/mol. The first-order valence-corrected chi connectivity index (χ1v) is 6.58. The molecule has 1 rings (SSSR count). The molecule has 8 heteroatoms. The molecule has 0 radical (unpaired) electrons. The third-order valence-corrected chi connectivity index (χ3v) is 2.71. The molecule has 4 nitrogen and oxygen atoms in total. The van der Waals surface area contributed by atoms with Crippen LogP contribution in [0.3, 0.4) is 0 Å². The van der Waals surface area contributed by atoms with Crippen molar-refractivity contribution in [3.05, 3.63) is 11.8 Å².